The largest absolute Gasteiger partial charge is 0.355 e. The van der Waals surface area contributed by atoms with E-state index in [1.54, 1.807) is 62.5 Å². The van der Waals surface area contributed by atoms with Crippen LogP contribution in [0.2, 0.25) is 0 Å². The number of rotatable bonds is 4. The van der Waals surface area contributed by atoms with E-state index in [-0.39, 0.29) is 10.8 Å². The predicted octanol–water partition coefficient (Wildman–Crippen LogP) is 2.18. The molecule has 6 heteroatoms. The monoisotopic (exact) mass is 318 g/mol. The Balaban J connectivity index is 2.42. The maximum atomic E-state index is 12.6. The van der Waals surface area contributed by atoms with Crippen LogP contribution in [0, 0.1) is 6.92 Å². The molecule has 2 aromatic rings. The predicted molar refractivity (Wildman–Crippen MR) is 86.6 cm³/mol. The zero-order valence-corrected chi connectivity index (χ0v) is 13.5. The van der Waals surface area contributed by atoms with Crippen molar-refractivity contribution in [2.45, 2.75) is 11.8 Å². The lowest BCUT2D eigenvalue weighted by Gasteiger charge is -2.21. The van der Waals surface area contributed by atoms with E-state index in [9.17, 15) is 13.2 Å². The second kappa shape index (κ2) is 6.19. The number of carbonyl (C=O) groups excluding carboxylic acids is 1. The van der Waals surface area contributed by atoms with E-state index in [4.69, 9.17) is 0 Å². The molecule has 0 aromatic heterocycles. The summed E-state index contributed by atoms with van der Waals surface area (Å²) in [4.78, 5) is 11.9. The average Bonchev–Trinajstić information content (AvgIpc) is 2.54. The molecule has 1 amide bonds. The molecular formula is C16H18N2O3S. The molecule has 0 aliphatic heterocycles. The number of nitrogens with one attached hydrogen (secondary N) is 1. The van der Waals surface area contributed by atoms with Gasteiger partial charge in [-0.3, -0.25) is 9.10 Å². The minimum Gasteiger partial charge on any atom is -0.355 e. The van der Waals surface area contributed by atoms with Crippen molar-refractivity contribution in [3.63, 3.8) is 0 Å². The number of nitrogens with zero attached hydrogens (tertiary/aromatic N) is 1. The fraction of sp³-hybridized carbons (Fsp3) is 0.188. The third-order valence-electron chi connectivity index (χ3n) is 3.43. The number of sulfonamides is 1. The first-order valence-corrected chi connectivity index (χ1v) is 8.18. The Hall–Kier alpha value is -2.34. The van der Waals surface area contributed by atoms with Gasteiger partial charge in [0, 0.05) is 19.7 Å². The number of amides is 1. The van der Waals surface area contributed by atoms with Crippen LogP contribution in [-0.2, 0) is 10.0 Å². The van der Waals surface area contributed by atoms with E-state index in [1.807, 2.05) is 0 Å². The van der Waals surface area contributed by atoms with Gasteiger partial charge in [0.25, 0.3) is 15.9 Å². The molecule has 0 atom stereocenters. The Morgan fingerprint density at radius 3 is 2.27 bits per heavy atom. The molecule has 0 unspecified atom stereocenters. The summed E-state index contributed by atoms with van der Waals surface area (Å²) in [6.07, 6.45) is 0. The van der Waals surface area contributed by atoms with Crippen molar-refractivity contribution in [2.75, 3.05) is 18.4 Å². The molecule has 22 heavy (non-hydrogen) atoms. The van der Waals surface area contributed by atoms with Crippen molar-refractivity contribution in [2.24, 2.45) is 0 Å². The van der Waals surface area contributed by atoms with Crippen molar-refractivity contribution in [3.05, 3.63) is 59.7 Å². The lowest BCUT2D eigenvalue weighted by molar-refractivity contribution is 0.0963. The maximum Gasteiger partial charge on any atom is 0.264 e. The number of anilines is 1. The minimum atomic E-state index is -3.62. The Morgan fingerprint density at radius 2 is 1.73 bits per heavy atom. The number of hydrogen-bond donors (Lipinski definition) is 1. The number of hydrogen-bond acceptors (Lipinski definition) is 3. The highest BCUT2D eigenvalue weighted by Gasteiger charge is 2.22. The molecule has 0 aliphatic carbocycles. The second-order valence-electron chi connectivity index (χ2n) is 4.87. The standard InChI is InChI=1S/C16H18N2O3S/c1-12-11-13(16(19)17-2)9-10-15(12)18(3)22(20,21)14-7-5-4-6-8-14/h4-11H,1-3H3,(H,17,19). The quantitative estimate of drug-likeness (QED) is 0.939. The van der Waals surface area contributed by atoms with Crippen molar-refractivity contribution >= 4 is 21.6 Å². The van der Waals surface area contributed by atoms with Crippen LogP contribution in [0.1, 0.15) is 15.9 Å². The first-order valence-electron chi connectivity index (χ1n) is 6.74. The van der Waals surface area contributed by atoms with Crippen LogP contribution in [-0.4, -0.2) is 28.4 Å². The van der Waals surface area contributed by atoms with Crippen molar-refractivity contribution in [1.82, 2.24) is 5.32 Å². The molecule has 0 fully saturated rings. The highest BCUT2D eigenvalue weighted by atomic mass is 32.2. The lowest BCUT2D eigenvalue weighted by Crippen LogP contribution is -2.27. The van der Waals surface area contributed by atoms with E-state index in [0.29, 0.717) is 16.8 Å². The van der Waals surface area contributed by atoms with Crippen LogP contribution in [0.5, 0.6) is 0 Å². The van der Waals surface area contributed by atoms with E-state index < -0.39 is 10.0 Å². The Kier molecular flexibility index (Phi) is 4.51. The van der Waals surface area contributed by atoms with Crippen molar-refractivity contribution in [1.29, 1.82) is 0 Å². The molecule has 0 heterocycles. The molecule has 0 saturated heterocycles. The highest BCUT2D eigenvalue weighted by molar-refractivity contribution is 7.92. The third kappa shape index (κ3) is 2.96. The minimum absolute atomic E-state index is 0.205. The van der Waals surface area contributed by atoms with Crippen LogP contribution < -0.4 is 9.62 Å². The Labute approximate surface area is 130 Å². The molecule has 1 N–H and O–H groups in total. The van der Waals surface area contributed by atoms with Crippen LogP contribution in [0.3, 0.4) is 0 Å². The Morgan fingerprint density at radius 1 is 1.09 bits per heavy atom. The molecule has 0 aliphatic rings. The fourth-order valence-corrected chi connectivity index (χ4v) is 3.46. The van der Waals surface area contributed by atoms with E-state index in [0.717, 1.165) is 0 Å². The van der Waals surface area contributed by atoms with Gasteiger partial charge in [-0.05, 0) is 42.8 Å². The van der Waals surface area contributed by atoms with Gasteiger partial charge in [-0.25, -0.2) is 8.42 Å². The summed E-state index contributed by atoms with van der Waals surface area (Å²) in [5.74, 6) is -0.205. The Bertz CT molecular complexity index is 786. The summed E-state index contributed by atoms with van der Waals surface area (Å²) < 4.78 is 26.4. The average molecular weight is 318 g/mol. The third-order valence-corrected chi connectivity index (χ3v) is 5.21. The van der Waals surface area contributed by atoms with Gasteiger partial charge in [0.15, 0.2) is 0 Å². The highest BCUT2D eigenvalue weighted by Crippen LogP contribution is 2.26. The van der Waals surface area contributed by atoms with Gasteiger partial charge >= 0.3 is 0 Å². The summed E-state index contributed by atoms with van der Waals surface area (Å²) >= 11 is 0. The summed E-state index contributed by atoms with van der Waals surface area (Å²) in [6, 6.07) is 13.2. The summed E-state index contributed by atoms with van der Waals surface area (Å²) in [7, 11) is -0.563. The number of benzene rings is 2. The van der Waals surface area contributed by atoms with Gasteiger partial charge in [-0.2, -0.15) is 0 Å². The number of carbonyl (C=O) groups is 1. The zero-order valence-electron chi connectivity index (χ0n) is 12.7. The summed E-state index contributed by atoms with van der Waals surface area (Å²) in [5, 5.41) is 2.54. The van der Waals surface area contributed by atoms with E-state index in [1.165, 1.54) is 11.4 Å². The van der Waals surface area contributed by atoms with Crippen LogP contribution >= 0.6 is 0 Å². The van der Waals surface area contributed by atoms with Gasteiger partial charge < -0.3 is 5.32 Å². The molecule has 2 aromatic carbocycles. The molecule has 0 bridgehead atoms. The summed E-state index contributed by atoms with van der Waals surface area (Å²) in [5.41, 5.74) is 1.74. The van der Waals surface area contributed by atoms with Crippen LogP contribution in [0.25, 0.3) is 0 Å². The smallest absolute Gasteiger partial charge is 0.264 e. The van der Waals surface area contributed by atoms with Gasteiger partial charge in [-0.15, -0.1) is 0 Å². The van der Waals surface area contributed by atoms with E-state index in [2.05, 4.69) is 5.32 Å². The molecule has 0 spiro atoms. The molecule has 0 saturated carbocycles. The van der Waals surface area contributed by atoms with E-state index >= 15 is 0 Å². The summed E-state index contributed by atoms with van der Waals surface area (Å²) in [6.45, 7) is 1.78. The second-order valence-corrected chi connectivity index (χ2v) is 6.84. The van der Waals surface area contributed by atoms with Gasteiger partial charge in [-0.1, -0.05) is 18.2 Å². The molecule has 0 radical (unpaired) electrons. The normalized spacial score (nSPS) is 11.0. The number of aryl methyl sites for hydroxylation is 1. The molecule has 2 rings (SSSR count). The first kappa shape index (κ1) is 16.0. The molecule has 116 valence electrons. The molecule has 5 nitrogen and oxygen atoms in total. The fourth-order valence-electron chi connectivity index (χ4n) is 2.17. The van der Waals surface area contributed by atoms with Gasteiger partial charge in [0.2, 0.25) is 0 Å². The SMILES string of the molecule is CNC(=O)c1ccc(N(C)S(=O)(=O)c2ccccc2)c(C)c1. The maximum absolute atomic E-state index is 12.6. The van der Waals surface area contributed by atoms with Gasteiger partial charge in [0.1, 0.15) is 0 Å². The topological polar surface area (TPSA) is 66.5 Å². The van der Waals surface area contributed by atoms with Crippen LogP contribution in [0.4, 0.5) is 5.69 Å². The first-order chi connectivity index (χ1) is 10.4. The van der Waals surface area contributed by atoms with Crippen molar-refractivity contribution in [3.8, 4) is 0 Å². The molecular weight excluding hydrogens is 300 g/mol. The van der Waals surface area contributed by atoms with Gasteiger partial charge in [0.05, 0.1) is 10.6 Å². The zero-order chi connectivity index (χ0) is 16.3. The van der Waals surface area contributed by atoms with Crippen molar-refractivity contribution < 1.29 is 13.2 Å². The van der Waals surface area contributed by atoms with Crippen LogP contribution in [0.15, 0.2) is 53.4 Å². The lowest BCUT2D eigenvalue weighted by atomic mass is 10.1.